The van der Waals surface area contributed by atoms with Crippen LogP contribution in [0.15, 0.2) is 95.4 Å². The fraction of sp³-hybridized carbons (Fsp3) is 0.310. The van der Waals surface area contributed by atoms with Crippen molar-refractivity contribution in [3.63, 3.8) is 0 Å². The second-order valence-electron chi connectivity index (χ2n) is 10.1. The highest BCUT2D eigenvalue weighted by molar-refractivity contribution is 6.99. The Balaban J connectivity index is 1.43. The zero-order chi connectivity index (χ0) is 23.8. The summed E-state index contributed by atoms with van der Waals surface area (Å²) in [6.07, 6.45) is -0.819. The Bertz CT molecular complexity index is 1160. The topological polar surface area (TPSA) is 51.8 Å². The molecular weight excluding hydrogens is 440 g/mol. The van der Waals surface area contributed by atoms with Crippen LogP contribution in [0, 0.1) is 0 Å². The number of ether oxygens (including phenoxy) is 1. The smallest absolute Gasteiger partial charge is 0.261 e. The van der Waals surface area contributed by atoms with Gasteiger partial charge in [0.2, 0.25) is 0 Å². The van der Waals surface area contributed by atoms with Gasteiger partial charge in [-0.15, -0.1) is 0 Å². The van der Waals surface area contributed by atoms with Crippen LogP contribution in [0.5, 0.6) is 0 Å². The predicted molar refractivity (Wildman–Crippen MR) is 138 cm³/mol. The second-order valence-corrected chi connectivity index (χ2v) is 14.4. The lowest BCUT2D eigenvalue weighted by Gasteiger charge is -2.43. The Labute approximate surface area is 202 Å². The van der Waals surface area contributed by atoms with Crippen molar-refractivity contribution in [2.24, 2.45) is 0 Å². The molecule has 1 aliphatic rings. The number of aliphatic hydroxyl groups excluding tert-OH is 1. The molecule has 0 unspecified atom stereocenters. The molecule has 4 aromatic rings. The molecule has 4 nitrogen and oxygen atoms in total. The standard InChI is InChI=1S/C29H32O4Si/c1-29(2,3)34(22-13-6-4-7-14-22,23-15-8-5-9-16-23)31-20-28-24(30)19-27(33-28)26-18-21-12-10-11-17-25(21)32-26/h4-18,24,27-28,30H,19-20H2,1-3H3/t24-,27-,28+/m0/s1. The Morgan fingerprint density at radius 3 is 2.06 bits per heavy atom. The molecular formula is C29H32O4Si. The first kappa shape index (κ1) is 23.1. The van der Waals surface area contributed by atoms with Gasteiger partial charge in [-0.25, -0.2) is 0 Å². The van der Waals surface area contributed by atoms with Crippen molar-refractivity contribution in [3.8, 4) is 0 Å². The van der Waals surface area contributed by atoms with E-state index >= 15 is 0 Å². The molecule has 1 fully saturated rings. The SMILES string of the molecule is CC(C)(C)[Si](OC[C@H]1O[C@H](c2cc3ccccc3o2)C[C@@H]1O)(c1ccccc1)c1ccccc1. The fourth-order valence-electron chi connectivity index (χ4n) is 5.19. The summed E-state index contributed by atoms with van der Waals surface area (Å²) in [5, 5.41) is 14.3. The Hall–Kier alpha value is -2.70. The minimum Gasteiger partial charge on any atom is -0.458 e. The molecule has 3 atom stereocenters. The van der Waals surface area contributed by atoms with E-state index in [4.69, 9.17) is 13.6 Å². The number of aliphatic hydroxyl groups is 1. The van der Waals surface area contributed by atoms with Gasteiger partial charge < -0.3 is 18.7 Å². The zero-order valence-electron chi connectivity index (χ0n) is 20.0. The summed E-state index contributed by atoms with van der Waals surface area (Å²) in [5.41, 5.74) is 0.836. The van der Waals surface area contributed by atoms with Crippen LogP contribution in [0.3, 0.4) is 0 Å². The van der Waals surface area contributed by atoms with Crippen molar-refractivity contribution in [2.45, 2.75) is 50.5 Å². The monoisotopic (exact) mass is 472 g/mol. The van der Waals surface area contributed by atoms with E-state index in [1.165, 1.54) is 10.4 Å². The van der Waals surface area contributed by atoms with Gasteiger partial charge in [-0.2, -0.15) is 0 Å². The molecule has 0 aliphatic carbocycles. The minimum atomic E-state index is -2.69. The first-order valence-electron chi connectivity index (χ1n) is 12.0. The van der Waals surface area contributed by atoms with Gasteiger partial charge in [-0.3, -0.25) is 0 Å². The molecule has 1 aliphatic heterocycles. The van der Waals surface area contributed by atoms with E-state index in [2.05, 4.69) is 69.3 Å². The fourth-order valence-corrected chi connectivity index (χ4v) is 9.76. The van der Waals surface area contributed by atoms with Gasteiger partial charge in [0.1, 0.15) is 23.6 Å². The van der Waals surface area contributed by atoms with E-state index in [9.17, 15) is 5.11 Å². The van der Waals surface area contributed by atoms with Crippen LogP contribution in [0.2, 0.25) is 5.04 Å². The van der Waals surface area contributed by atoms with E-state index in [1.54, 1.807) is 0 Å². The van der Waals surface area contributed by atoms with Gasteiger partial charge in [0.25, 0.3) is 8.32 Å². The number of para-hydroxylation sites is 1. The number of benzene rings is 3. The average Bonchev–Trinajstić information content (AvgIpc) is 3.43. The molecule has 0 saturated carbocycles. The zero-order valence-corrected chi connectivity index (χ0v) is 21.0. The molecule has 0 radical (unpaired) electrons. The van der Waals surface area contributed by atoms with E-state index in [0.29, 0.717) is 13.0 Å². The number of hydrogen-bond donors (Lipinski definition) is 1. The summed E-state index contributed by atoms with van der Waals surface area (Å²) in [4.78, 5) is 0. The molecule has 1 saturated heterocycles. The van der Waals surface area contributed by atoms with E-state index in [-0.39, 0.29) is 11.1 Å². The van der Waals surface area contributed by atoms with Gasteiger partial charge >= 0.3 is 0 Å². The molecule has 0 bridgehead atoms. The molecule has 1 N–H and O–H groups in total. The van der Waals surface area contributed by atoms with Gasteiger partial charge in [0.15, 0.2) is 0 Å². The van der Waals surface area contributed by atoms with Crippen LogP contribution < -0.4 is 10.4 Å². The summed E-state index contributed by atoms with van der Waals surface area (Å²) < 4.78 is 19.3. The number of rotatable bonds is 6. The van der Waals surface area contributed by atoms with Gasteiger partial charge in [0, 0.05) is 11.8 Å². The third-order valence-corrected chi connectivity index (χ3v) is 11.9. The summed E-state index contributed by atoms with van der Waals surface area (Å²) in [6, 6.07) is 31.0. The van der Waals surface area contributed by atoms with E-state index in [0.717, 1.165) is 16.7 Å². The summed E-state index contributed by atoms with van der Waals surface area (Å²) in [6.45, 7) is 7.08. The molecule has 34 heavy (non-hydrogen) atoms. The highest BCUT2D eigenvalue weighted by atomic mass is 28.4. The summed E-state index contributed by atoms with van der Waals surface area (Å²) >= 11 is 0. The summed E-state index contributed by atoms with van der Waals surface area (Å²) in [7, 11) is -2.69. The molecule has 3 aromatic carbocycles. The van der Waals surface area contributed by atoms with Gasteiger partial charge in [0.05, 0.1) is 12.7 Å². The van der Waals surface area contributed by atoms with E-state index < -0.39 is 20.5 Å². The van der Waals surface area contributed by atoms with Crippen LogP contribution in [0.4, 0.5) is 0 Å². The van der Waals surface area contributed by atoms with Crippen molar-refractivity contribution in [1.82, 2.24) is 0 Å². The number of hydrogen-bond acceptors (Lipinski definition) is 4. The first-order chi connectivity index (χ1) is 16.4. The molecule has 0 amide bonds. The third-order valence-electron chi connectivity index (χ3n) is 6.87. The van der Waals surface area contributed by atoms with Crippen LogP contribution >= 0.6 is 0 Å². The summed E-state index contributed by atoms with van der Waals surface area (Å²) in [5.74, 6) is 0.758. The maximum atomic E-state index is 10.9. The molecule has 5 rings (SSSR count). The molecule has 0 spiro atoms. The van der Waals surface area contributed by atoms with Gasteiger partial charge in [-0.1, -0.05) is 99.6 Å². The number of fused-ring (bicyclic) bond motifs is 1. The van der Waals surface area contributed by atoms with Crippen LogP contribution in [0.25, 0.3) is 11.0 Å². The first-order valence-corrected chi connectivity index (χ1v) is 13.9. The van der Waals surface area contributed by atoms with Crippen molar-refractivity contribution in [3.05, 3.63) is 96.8 Å². The van der Waals surface area contributed by atoms with Crippen LogP contribution in [0.1, 0.15) is 39.1 Å². The van der Waals surface area contributed by atoms with Crippen molar-refractivity contribution in [2.75, 3.05) is 6.61 Å². The lowest BCUT2D eigenvalue weighted by molar-refractivity contribution is -0.0236. The normalized spacial score (nSPS) is 21.2. The van der Waals surface area contributed by atoms with Crippen LogP contribution in [-0.4, -0.2) is 32.2 Å². The molecule has 2 heterocycles. The maximum Gasteiger partial charge on any atom is 0.261 e. The van der Waals surface area contributed by atoms with Crippen molar-refractivity contribution < 1.29 is 18.7 Å². The quantitative estimate of drug-likeness (QED) is 0.392. The molecule has 176 valence electrons. The average molecular weight is 473 g/mol. The lowest BCUT2D eigenvalue weighted by atomic mass is 10.1. The van der Waals surface area contributed by atoms with Gasteiger partial charge in [-0.05, 0) is 27.5 Å². The predicted octanol–water partition coefficient (Wildman–Crippen LogP) is 5.20. The second kappa shape index (κ2) is 9.15. The van der Waals surface area contributed by atoms with Crippen molar-refractivity contribution in [1.29, 1.82) is 0 Å². The Morgan fingerprint density at radius 1 is 0.882 bits per heavy atom. The minimum absolute atomic E-state index is 0.128. The molecule has 5 heteroatoms. The lowest BCUT2D eigenvalue weighted by Crippen LogP contribution is -2.67. The van der Waals surface area contributed by atoms with Crippen molar-refractivity contribution >= 4 is 29.7 Å². The largest absolute Gasteiger partial charge is 0.458 e. The van der Waals surface area contributed by atoms with E-state index in [1.807, 2.05) is 42.5 Å². The Kier molecular flexibility index (Phi) is 6.21. The third kappa shape index (κ3) is 4.14. The molecule has 1 aromatic heterocycles. The Morgan fingerprint density at radius 2 is 1.47 bits per heavy atom. The maximum absolute atomic E-state index is 10.9. The van der Waals surface area contributed by atoms with Crippen LogP contribution in [-0.2, 0) is 9.16 Å². The highest BCUT2D eigenvalue weighted by Gasteiger charge is 2.51. The highest BCUT2D eigenvalue weighted by Crippen LogP contribution is 2.39. The number of furan rings is 1.